The summed E-state index contributed by atoms with van der Waals surface area (Å²) in [6.07, 6.45) is 1.19. The van der Waals surface area contributed by atoms with E-state index in [-0.39, 0.29) is 17.9 Å². The second-order valence-corrected chi connectivity index (χ2v) is 5.97. The maximum atomic E-state index is 11.9. The summed E-state index contributed by atoms with van der Waals surface area (Å²) in [5.41, 5.74) is 3.35. The van der Waals surface area contributed by atoms with Crippen LogP contribution in [0.25, 0.3) is 6.08 Å². The number of esters is 1. The SMILES string of the molecule is Cc1ccc(CC(OC(=O)/C=C/c2ccc(O)c(O)c2)C(=O)O)cc1C. The fraction of sp³-hybridized carbons (Fsp3) is 0.200. The fourth-order valence-electron chi connectivity index (χ4n) is 2.31. The maximum Gasteiger partial charge on any atom is 0.345 e. The van der Waals surface area contributed by atoms with Crippen LogP contribution in [0.15, 0.2) is 42.5 Å². The van der Waals surface area contributed by atoms with Crippen LogP contribution >= 0.6 is 0 Å². The number of benzene rings is 2. The molecule has 0 aromatic heterocycles. The number of phenolic OH excluding ortho intramolecular Hbond substituents is 2. The van der Waals surface area contributed by atoms with Gasteiger partial charge in [0.1, 0.15) is 0 Å². The lowest BCUT2D eigenvalue weighted by Gasteiger charge is -2.13. The van der Waals surface area contributed by atoms with Crippen LogP contribution in [0.3, 0.4) is 0 Å². The summed E-state index contributed by atoms with van der Waals surface area (Å²) in [7, 11) is 0. The number of aryl methyl sites for hydroxylation is 2. The van der Waals surface area contributed by atoms with Gasteiger partial charge in [0.2, 0.25) is 6.10 Å². The highest BCUT2D eigenvalue weighted by Gasteiger charge is 2.22. The average Bonchev–Trinajstić information content (AvgIpc) is 2.58. The van der Waals surface area contributed by atoms with Crippen LogP contribution in [-0.4, -0.2) is 33.4 Å². The second-order valence-electron chi connectivity index (χ2n) is 5.97. The Hall–Kier alpha value is -3.28. The largest absolute Gasteiger partial charge is 0.504 e. The quantitative estimate of drug-likeness (QED) is 0.418. The molecule has 6 heteroatoms. The normalized spacial score (nSPS) is 12.1. The molecule has 6 nitrogen and oxygen atoms in total. The first kappa shape index (κ1) is 19.1. The number of hydrogen-bond donors (Lipinski definition) is 3. The molecule has 3 N–H and O–H groups in total. The summed E-state index contributed by atoms with van der Waals surface area (Å²) < 4.78 is 5.02. The third kappa shape index (κ3) is 5.11. The molecule has 0 heterocycles. The van der Waals surface area contributed by atoms with Gasteiger partial charge in [0.15, 0.2) is 11.5 Å². The fourth-order valence-corrected chi connectivity index (χ4v) is 2.31. The van der Waals surface area contributed by atoms with E-state index in [4.69, 9.17) is 4.74 Å². The van der Waals surface area contributed by atoms with E-state index in [1.54, 1.807) is 6.07 Å². The molecular weight excluding hydrogens is 336 g/mol. The molecule has 0 radical (unpaired) electrons. The Morgan fingerprint density at radius 2 is 1.77 bits per heavy atom. The molecule has 2 aromatic rings. The van der Waals surface area contributed by atoms with Gasteiger partial charge in [0, 0.05) is 12.5 Å². The van der Waals surface area contributed by atoms with Crippen molar-refractivity contribution in [2.24, 2.45) is 0 Å². The molecule has 2 rings (SSSR count). The van der Waals surface area contributed by atoms with Gasteiger partial charge in [0.25, 0.3) is 0 Å². The summed E-state index contributed by atoms with van der Waals surface area (Å²) >= 11 is 0. The van der Waals surface area contributed by atoms with Crippen LogP contribution in [-0.2, 0) is 20.7 Å². The molecule has 1 atom stereocenters. The van der Waals surface area contributed by atoms with E-state index in [9.17, 15) is 24.9 Å². The number of carbonyl (C=O) groups excluding carboxylic acids is 1. The summed E-state index contributed by atoms with van der Waals surface area (Å²) in [6.45, 7) is 3.89. The number of aliphatic carboxylic acids is 1. The van der Waals surface area contributed by atoms with Crippen LogP contribution in [0, 0.1) is 13.8 Å². The number of carboxylic acids is 1. The minimum absolute atomic E-state index is 0.0655. The van der Waals surface area contributed by atoms with Gasteiger partial charge < -0.3 is 20.1 Å². The minimum atomic E-state index is -1.30. The van der Waals surface area contributed by atoms with Crippen LogP contribution in [0.1, 0.15) is 22.3 Å². The van der Waals surface area contributed by atoms with Gasteiger partial charge >= 0.3 is 11.9 Å². The number of hydrogen-bond acceptors (Lipinski definition) is 5. The van der Waals surface area contributed by atoms with Crippen molar-refractivity contribution < 1.29 is 29.6 Å². The molecule has 0 amide bonds. The van der Waals surface area contributed by atoms with Crippen molar-refractivity contribution >= 4 is 18.0 Å². The monoisotopic (exact) mass is 356 g/mol. The standard InChI is InChI=1S/C20H20O6/c1-12-3-4-15(9-13(12)2)11-18(20(24)25)26-19(23)8-6-14-5-7-16(21)17(22)10-14/h3-10,18,21-22H,11H2,1-2H3,(H,24,25)/b8-6+. The molecule has 0 spiro atoms. The molecule has 26 heavy (non-hydrogen) atoms. The highest BCUT2D eigenvalue weighted by atomic mass is 16.6. The van der Waals surface area contributed by atoms with Gasteiger partial charge in [-0.15, -0.1) is 0 Å². The number of phenols is 2. The van der Waals surface area contributed by atoms with Crippen LogP contribution < -0.4 is 0 Å². The molecule has 0 aliphatic heterocycles. The molecule has 1 unspecified atom stereocenters. The summed E-state index contributed by atoms with van der Waals surface area (Å²) in [6, 6.07) is 9.60. The zero-order valence-electron chi connectivity index (χ0n) is 14.5. The summed E-state index contributed by atoms with van der Waals surface area (Å²) in [4.78, 5) is 23.3. The number of ether oxygens (including phenoxy) is 1. The molecule has 0 aliphatic carbocycles. The zero-order valence-corrected chi connectivity index (χ0v) is 14.5. The predicted octanol–water partition coefficient (Wildman–Crippen LogP) is 2.97. The van der Waals surface area contributed by atoms with E-state index >= 15 is 0 Å². The van der Waals surface area contributed by atoms with Crippen molar-refractivity contribution in [3.63, 3.8) is 0 Å². The second kappa shape index (κ2) is 8.20. The van der Waals surface area contributed by atoms with E-state index in [1.807, 2.05) is 26.0 Å². The van der Waals surface area contributed by atoms with Gasteiger partial charge in [-0.25, -0.2) is 9.59 Å². The molecule has 136 valence electrons. The van der Waals surface area contributed by atoms with Crippen molar-refractivity contribution in [3.8, 4) is 11.5 Å². The third-order valence-corrected chi connectivity index (χ3v) is 3.94. The first-order valence-corrected chi connectivity index (χ1v) is 7.96. The first-order chi connectivity index (χ1) is 12.3. The van der Waals surface area contributed by atoms with E-state index < -0.39 is 18.0 Å². The van der Waals surface area contributed by atoms with Crippen molar-refractivity contribution in [2.75, 3.05) is 0 Å². The topological polar surface area (TPSA) is 104 Å². The minimum Gasteiger partial charge on any atom is -0.504 e. The Bertz CT molecular complexity index is 853. The lowest BCUT2D eigenvalue weighted by atomic mass is 10.0. The highest BCUT2D eigenvalue weighted by Crippen LogP contribution is 2.25. The van der Waals surface area contributed by atoms with Crippen LogP contribution in [0.5, 0.6) is 11.5 Å². The predicted molar refractivity (Wildman–Crippen MR) is 95.9 cm³/mol. The van der Waals surface area contributed by atoms with Crippen molar-refractivity contribution in [1.29, 1.82) is 0 Å². The summed E-state index contributed by atoms with van der Waals surface area (Å²) in [5.74, 6) is -2.64. The number of aromatic hydroxyl groups is 2. The average molecular weight is 356 g/mol. The van der Waals surface area contributed by atoms with E-state index in [1.165, 1.54) is 24.3 Å². The molecule has 0 saturated carbocycles. The Labute approximate surface area is 151 Å². The van der Waals surface area contributed by atoms with Gasteiger partial charge in [-0.2, -0.15) is 0 Å². The first-order valence-electron chi connectivity index (χ1n) is 7.96. The third-order valence-electron chi connectivity index (χ3n) is 3.94. The van der Waals surface area contributed by atoms with Crippen LogP contribution in [0.4, 0.5) is 0 Å². The molecule has 0 saturated heterocycles. The molecule has 2 aromatic carbocycles. The maximum absolute atomic E-state index is 11.9. The van der Waals surface area contributed by atoms with Gasteiger partial charge in [-0.3, -0.25) is 0 Å². The van der Waals surface area contributed by atoms with Crippen LogP contribution in [0.2, 0.25) is 0 Å². The van der Waals surface area contributed by atoms with Gasteiger partial charge in [-0.05, 0) is 54.3 Å². The number of carbonyl (C=O) groups is 2. The van der Waals surface area contributed by atoms with Gasteiger partial charge in [0.05, 0.1) is 0 Å². The van der Waals surface area contributed by atoms with Crippen molar-refractivity contribution in [3.05, 3.63) is 64.7 Å². The van der Waals surface area contributed by atoms with Crippen molar-refractivity contribution in [2.45, 2.75) is 26.4 Å². The Kier molecular flexibility index (Phi) is 6.01. The smallest absolute Gasteiger partial charge is 0.345 e. The van der Waals surface area contributed by atoms with E-state index in [2.05, 4.69) is 0 Å². The number of rotatable bonds is 6. The number of carboxylic acid groups (broad SMARTS) is 1. The molecular formula is C20H20O6. The summed E-state index contributed by atoms with van der Waals surface area (Å²) in [5, 5.41) is 28.0. The van der Waals surface area contributed by atoms with E-state index in [0.29, 0.717) is 5.56 Å². The molecule has 0 bridgehead atoms. The van der Waals surface area contributed by atoms with Crippen molar-refractivity contribution in [1.82, 2.24) is 0 Å². The Morgan fingerprint density at radius 3 is 2.38 bits per heavy atom. The Balaban J connectivity index is 2.05. The lowest BCUT2D eigenvalue weighted by Crippen LogP contribution is -2.28. The lowest BCUT2D eigenvalue weighted by molar-refractivity contribution is -0.160. The molecule has 0 fully saturated rings. The molecule has 0 aliphatic rings. The van der Waals surface area contributed by atoms with Gasteiger partial charge in [-0.1, -0.05) is 24.3 Å². The highest BCUT2D eigenvalue weighted by molar-refractivity contribution is 5.89. The Morgan fingerprint density at radius 1 is 1.04 bits per heavy atom. The van der Waals surface area contributed by atoms with E-state index in [0.717, 1.165) is 22.8 Å². The zero-order chi connectivity index (χ0) is 19.3.